The van der Waals surface area contributed by atoms with Crippen LogP contribution in [-0.4, -0.2) is 62.0 Å². The first kappa shape index (κ1) is 29.6. The largest absolute Gasteiger partial charge is 0.378 e. The Morgan fingerprint density at radius 3 is 2.59 bits per heavy atom. The van der Waals surface area contributed by atoms with Gasteiger partial charge in [-0.2, -0.15) is 0 Å². The molecule has 0 radical (unpaired) electrons. The monoisotopic (exact) mass is 476 g/mol. The average Bonchev–Trinajstić information content (AvgIpc) is 2.79. The van der Waals surface area contributed by atoms with Gasteiger partial charge in [-0.15, -0.1) is 0 Å². The molecule has 0 aromatic heterocycles. The van der Waals surface area contributed by atoms with Crippen LogP contribution in [0, 0.1) is 6.92 Å². The molecule has 192 valence electrons. The lowest BCUT2D eigenvalue weighted by Crippen LogP contribution is -2.32. The van der Waals surface area contributed by atoms with Gasteiger partial charge in [0.1, 0.15) is 0 Å². The Morgan fingerprint density at radius 2 is 1.88 bits per heavy atom. The van der Waals surface area contributed by atoms with Gasteiger partial charge in [0.2, 0.25) is 18.2 Å². The second-order valence-corrected chi connectivity index (χ2v) is 8.72. The summed E-state index contributed by atoms with van der Waals surface area (Å²) in [5.74, 6) is -0.0389. The molecule has 0 saturated heterocycles. The summed E-state index contributed by atoms with van der Waals surface area (Å²) >= 11 is 0. The minimum absolute atomic E-state index is 0.00615. The van der Waals surface area contributed by atoms with Crippen molar-refractivity contribution in [3.05, 3.63) is 29.3 Å². The number of carbonyl (C=O) groups is 3. The van der Waals surface area contributed by atoms with Crippen molar-refractivity contribution in [3.8, 4) is 0 Å². The number of aryl methyl sites for hydroxylation is 1. The van der Waals surface area contributed by atoms with E-state index in [2.05, 4.69) is 29.8 Å². The number of benzene rings is 1. The molecule has 0 aliphatic rings. The van der Waals surface area contributed by atoms with Gasteiger partial charge in [0.15, 0.2) is 0 Å². The molecule has 0 spiro atoms. The Bertz CT molecular complexity index is 742. The second-order valence-electron chi connectivity index (χ2n) is 8.72. The van der Waals surface area contributed by atoms with E-state index in [0.717, 1.165) is 68.4 Å². The Morgan fingerprint density at radius 1 is 1.12 bits per heavy atom. The molecule has 0 aliphatic carbocycles. The van der Waals surface area contributed by atoms with Crippen molar-refractivity contribution in [2.75, 3.05) is 38.2 Å². The maximum atomic E-state index is 12.5. The quantitative estimate of drug-likeness (QED) is 0.210. The summed E-state index contributed by atoms with van der Waals surface area (Å²) in [6.07, 6.45) is 6.15. The third-order valence-corrected chi connectivity index (χ3v) is 5.73. The third-order valence-electron chi connectivity index (χ3n) is 5.73. The van der Waals surface area contributed by atoms with E-state index in [1.54, 1.807) is 0 Å². The predicted octanol–water partition coefficient (Wildman–Crippen LogP) is 3.38. The van der Waals surface area contributed by atoms with Crippen molar-refractivity contribution in [1.29, 1.82) is 0 Å². The molecule has 1 atom stereocenters. The molecule has 1 aromatic rings. The predicted molar refractivity (Wildman–Crippen MR) is 137 cm³/mol. The van der Waals surface area contributed by atoms with Crippen molar-refractivity contribution in [3.63, 3.8) is 0 Å². The summed E-state index contributed by atoms with van der Waals surface area (Å²) in [5, 5.41) is 9.06. The van der Waals surface area contributed by atoms with Gasteiger partial charge >= 0.3 is 0 Å². The van der Waals surface area contributed by atoms with Crippen molar-refractivity contribution in [2.24, 2.45) is 0 Å². The maximum Gasteiger partial charge on any atom is 0.224 e. The number of carbonyl (C=O) groups excluding carboxylic acids is 3. The molecule has 1 rings (SSSR count). The lowest BCUT2D eigenvalue weighted by molar-refractivity contribution is -0.121. The van der Waals surface area contributed by atoms with Gasteiger partial charge in [0.05, 0.1) is 13.2 Å². The van der Waals surface area contributed by atoms with Crippen LogP contribution in [0.1, 0.15) is 70.4 Å². The smallest absolute Gasteiger partial charge is 0.224 e. The van der Waals surface area contributed by atoms with Crippen LogP contribution in [0.15, 0.2) is 18.2 Å². The van der Waals surface area contributed by atoms with E-state index >= 15 is 0 Å². The van der Waals surface area contributed by atoms with Gasteiger partial charge in [-0.3, -0.25) is 14.4 Å². The highest BCUT2D eigenvalue weighted by atomic mass is 16.5. The van der Waals surface area contributed by atoms with E-state index in [1.165, 1.54) is 6.92 Å². The van der Waals surface area contributed by atoms with Crippen molar-refractivity contribution in [1.82, 2.24) is 15.5 Å². The van der Waals surface area contributed by atoms with Gasteiger partial charge in [0, 0.05) is 44.7 Å². The van der Waals surface area contributed by atoms with E-state index in [4.69, 9.17) is 4.74 Å². The SMILES string of the molecule is CCCC(C)N(C=O)Cc1c(C)cccc1NC(=O)CCCCCNCCOCCNC(C)=O. The van der Waals surface area contributed by atoms with Crippen LogP contribution in [-0.2, 0) is 25.7 Å². The number of nitrogens with one attached hydrogen (secondary N) is 3. The fourth-order valence-electron chi connectivity index (χ4n) is 3.69. The molecular formula is C26H44N4O4. The molecule has 0 saturated carbocycles. The number of unbranched alkanes of at least 4 members (excludes halogenated alkanes) is 2. The Balaban J connectivity index is 2.30. The Labute approximate surface area is 205 Å². The number of amides is 3. The molecule has 1 unspecified atom stereocenters. The van der Waals surface area contributed by atoms with Crippen LogP contribution >= 0.6 is 0 Å². The molecule has 0 heterocycles. The van der Waals surface area contributed by atoms with E-state index < -0.39 is 0 Å². The number of anilines is 1. The third kappa shape index (κ3) is 12.7. The highest BCUT2D eigenvalue weighted by Gasteiger charge is 2.16. The number of rotatable bonds is 19. The first-order chi connectivity index (χ1) is 16.4. The number of nitrogens with zero attached hydrogens (tertiary/aromatic N) is 1. The van der Waals surface area contributed by atoms with Crippen LogP contribution < -0.4 is 16.0 Å². The molecule has 34 heavy (non-hydrogen) atoms. The van der Waals surface area contributed by atoms with Crippen LogP contribution in [0.2, 0.25) is 0 Å². The molecule has 0 bridgehead atoms. The zero-order valence-corrected chi connectivity index (χ0v) is 21.5. The standard InChI is InChI=1S/C26H44N4O4/c1-5-10-22(3)30(20-31)19-24-21(2)11-9-12-25(24)29-26(33)13-7-6-8-14-27-15-17-34-18-16-28-23(4)32/h9,11-12,20,22,27H,5-8,10,13-19H2,1-4H3,(H,28,32)(H,29,33). The lowest BCUT2D eigenvalue weighted by atomic mass is 10.0. The van der Waals surface area contributed by atoms with Gasteiger partial charge in [0.25, 0.3) is 0 Å². The zero-order valence-electron chi connectivity index (χ0n) is 21.5. The minimum atomic E-state index is -0.0451. The Kier molecular flexibility index (Phi) is 15.6. The zero-order chi connectivity index (χ0) is 25.2. The summed E-state index contributed by atoms with van der Waals surface area (Å²) in [7, 11) is 0. The molecule has 8 heteroatoms. The molecule has 8 nitrogen and oxygen atoms in total. The second kappa shape index (κ2) is 18.0. The van der Waals surface area contributed by atoms with Crippen LogP contribution in [0.5, 0.6) is 0 Å². The fourth-order valence-corrected chi connectivity index (χ4v) is 3.69. The summed E-state index contributed by atoms with van der Waals surface area (Å²) in [6.45, 7) is 11.5. The number of hydrogen-bond donors (Lipinski definition) is 3. The summed E-state index contributed by atoms with van der Waals surface area (Å²) in [5.41, 5.74) is 2.86. The Hall–Kier alpha value is -2.45. The van der Waals surface area contributed by atoms with Gasteiger partial charge in [-0.1, -0.05) is 31.9 Å². The van der Waals surface area contributed by atoms with Crippen molar-refractivity contribution in [2.45, 2.75) is 78.8 Å². The lowest BCUT2D eigenvalue weighted by Gasteiger charge is -2.27. The van der Waals surface area contributed by atoms with E-state index in [1.807, 2.05) is 30.0 Å². The highest BCUT2D eigenvalue weighted by Crippen LogP contribution is 2.23. The topological polar surface area (TPSA) is 99.8 Å². The van der Waals surface area contributed by atoms with E-state index in [0.29, 0.717) is 32.7 Å². The van der Waals surface area contributed by atoms with Crippen molar-refractivity contribution >= 4 is 23.9 Å². The van der Waals surface area contributed by atoms with Gasteiger partial charge in [-0.25, -0.2) is 0 Å². The van der Waals surface area contributed by atoms with Gasteiger partial charge < -0.3 is 25.6 Å². The fraction of sp³-hybridized carbons (Fsp3) is 0.654. The average molecular weight is 477 g/mol. The molecule has 0 aliphatic heterocycles. The van der Waals surface area contributed by atoms with Gasteiger partial charge in [-0.05, 0) is 56.8 Å². The molecular weight excluding hydrogens is 432 g/mol. The van der Waals surface area contributed by atoms with Crippen LogP contribution in [0.3, 0.4) is 0 Å². The summed E-state index contributed by atoms with van der Waals surface area (Å²) < 4.78 is 5.42. The molecule has 0 fully saturated rings. The van der Waals surface area contributed by atoms with E-state index in [-0.39, 0.29) is 17.9 Å². The number of hydrogen-bond acceptors (Lipinski definition) is 5. The number of ether oxygens (including phenoxy) is 1. The van der Waals surface area contributed by atoms with Crippen LogP contribution in [0.4, 0.5) is 5.69 Å². The molecule has 3 N–H and O–H groups in total. The van der Waals surface area contributed by atoms with Crippen molar-refractivity contribution < 1.29 is 19.1 Å². The highest BCUT2D eigenvalue weighted by molar-refractivity contribution is 5.91. The summed E-state index contributed by atoms with van der Waals surface area (Å²) in [6, 6.07) is 6.02. The summed E-state index contributed by atoms with van der Waals surface area (Å²) in [4.78, 5) is 36.7. The molecule has 1 aromatic carbocycles. The maximum absolute atomic E-state index is 12.5. The normalized spacial score (nSPS) is 11.6. The first-order valence-electron chi connectivity index (χ1n) is 12.5. The first-order valence-corrected chi connectivity index (χ1v) is 12.5. The minimum Gasteiger partial charge on any atom is -0.378 e. The van der Waals surface area contributed by atoms with Crippen LogP contribution in [0.25, 0.3) is 0 Å². The molecule has 3 amide bonds. The van der Waals surface area contributed by atoms with E-state index in [9.17, 15) is 14.4 Å².